The highest BCUT2D eigenvalue weighted by Gasteiger charge is 2.18. The second-order valence-electron chi connectivity index (χ2n) is 5.15. The molecule has 2 aromatic rings. The Morgan fingerprint density at radius 2 is 2.00 bits per heavy atom. The maximum absolute atomic E-state index is 12.5. The van der Waals surface area contributed by atoms with Crippen molar-refractivity contribution in [3.63, 3.8) is 0 Å². The highest BCUT2D eigenvalue weighted by atomic mass is 79.9. The Hall–Kier alpha value is -2.21. The van der Waals surface area contributed by atoms with E-state index in [0.717, 1.165) is 11.3 Å². The number of benzene rings is 2. The van der Waals surface area contributed by atoms with Gasteiger partial charge in [0.05, 0.1) is 18.7 Å². The minimum Gasteiger partial charge on any atom is -0.497 e. The summed E-state index contributed by atoms with van der Waals surface area (Å²) in [5.41, 5.74) is 1.47. The molecule has 1 amide bonds. The Morgan fingerprint density at radius 1 is 1.22 bits per heavy atom. The lowest BCUT2D eigenvalue weighted by molar-refractivity contribution is 0.0938. The predicted octanol–water partition coefficient (Wildman–Crippen LogP) is 3.68. The van der Waals surface area contributed by atoms with E-state index in [4.69, 9.17) is 14.2 Å². The average molecular weight is 378 g/mol. The number of rotatable bonds is 4. The van der Waals surface area contributed by atoms with Crippen molar-refractivity contribution in [1.82, 2.24) is 5.32 Å². The Balaban J connectivity index is 1.77. The molecule has 0 bridgehead atoms. The summed E-state index contributed by atoms with van der Waals surface area (Å²) in [6, 6.07) is 10.8. The Bertz CT molecular complexity index is 747. The van der Waals surface area contributed by atoms with Crippen molar-refractivity contribution < 1.29 is 19.0 Å². The van der Waals surface area contributed by atoms with Crippen molar-refractivity contribution in [3.05, 3.63) is 52.0 Å². The first-order valence-corrected chi connectivity index (χ1v) is 7.91. The molecule has 1 aliphatic heterocycles. The summed E-state index contributed by atoms with van der Waals surface area (Å²) in [5, 5.41) is 2.97. The van der Waals surface area contributed by atoms with Gasteiger partial charge in [-0.3, -0.25) is 4.79 Å². The lowest BCUT2D eigenvalue weighted by atomic mass is 10.1. The van der Waals surface area contributed by atoms with Crippen LogP contribution in [0.2, 0.25) is 0 Å². The van der Waals surface area contributed by atoms with Crippen LogP contribution >= 0.6 is 15.9 Å². The second kappa shape index (κ2) is 6.50. The first-order chi connectivity index (χ1) is 11.1. The predicted molar refractivity (Wildman–Crippen MR) is 89.1 cm³/mol. The number of carbonyl (C=O) groups is 1. The Kier molecular flexibility index (Phi) is 4.43. The van der Waals surface area contributed by atoms with E-state index >= 15 is 0 Å². The van der Waals surface area contributed by atoms with Gasteiger partial charge >= 0.3 is 0 Å². The zero-order chi connectivity index (χ0) is 16.4. The van der Waals surface area contributed by atoms with Gasteiger partial charge in [-0.2, -0.15) is 0 Å². The van der Waals surface area contributed by atoms with Crippen molar-refractivity contribution in [2.45, 2.75) is 13.0 Å². The molecule has 0 saturated carbocycles. The van der Waals surface area contributed by atoms with Crippen LogP contribution in [0.4, 0.5) is 0 Å². The molecular weight excluding hydrogens is 362 g/mol. The fourth-order valence-corrected chi connectivity index (χ4v) is 2.77. The van der Waals surface area contributed by atoms with Crippen molar-refractivity contribution >= 4 is 21.8 Å². The number of fused-ring (bicyclic) bond motifs is 1. The molecule has 1 unspecified atom stereocenters. The molecule has 2 aromatic carbocycles. The number of nitrogens with one attached hydrogen (secondary N) is 1. The third kappa shape index (κ3) is 3.27. The van der Waals surface area contributed by atoms with E-state index in [2.05, 4.69) is 21.2 Å². The minimum atomic E-state index is -0.180. The van der Waals surface area contributed by atoms with Crippen LogP contribution in [0.5, 0.6) is 17.2 Å². The van der Waals surface area contributed by atoms with Gasteiger partial charge in [0.25, 0.3) is 5.91 Å². The van der Waals surface area contributed by atoms with Crippen molar-refractivity contribution in [3.8, 4) is 17.2 Å². The van der Waals surface area contributed by atoms with E-state index in [1.165, 1.54) is 0 Å². The number of halogens is 1. The monoisotopic (exact) mass is 377 g/mol. The summed E-state index contributed by atoms with van der Waals surface area (Å²) < 4.78 is 16.5. The molecule has 0 aromatic heterocycles. The van der Waals surface area contributed by atoms with Gasteiger partial charge < -0.3 is 19.5 Å². The molecule has 1 atom stereocenters. The first kappa shape index (κ1) is 15.7. The first-order valence-electron chi connectivity index (χ1n) is 7.12. The SMILES string of the molecule is COc1ccc(Br)c(C(=O)NC(C)c2ccc3c(c2)OCO3)c1. The van der Waals surface area contributed by atoms with Crippen LogP contribution in [0, 0.1) is 0 Å². The van der Waals surface area contributed by atoms with E-state index < -0.39 is 0 Å². The number of methoxy groups -OCH3 is 1. The summed E-state index contributed by atoms with van der Waals surface area (Å²) >= 11 is 3.39. The number of ether oxygens (including phenoxy) is 3. The zero-order valence-electron chi connectivity index (χ0n) is 12.8. The smallest absolute Gasteiger partial charge is 0.253 e. The van der Waals surface area contributed by atoms with E-state index in [9.17, 15) is 4.79 Å². The van der Waals surface area contributed by atoms with E-state index in [1.54, 1.807) is 25.3 Å². The maximum Gasteiger partial charge on any atom is 0.253 e. The Labute approximate surface area is 142 Å². The third-order valence-corrected chi connectivity index (χ3v) is 4.35. The van der Waals surface area contributed by atoms with Crippen LogP contribution in [0.15, 0.2) is 40.9 Å². The molecule has 0 aliphatic carbocycles. The number of amides is 1. The highest BCUT2D eigenvalue weighted by Crippen LogP contribution is 2.34. The molecule has 1 N–H and O–H groups in total. The second-order valence-corrected chi connectivity index (χ2v) is 6.01. The molecule has 0 radical (unpaired) electrons. The molecule has 120 valence electrons. The molecular formula is C17H16BrNO4. The molecule has 23 heavy (non-hydrogen) atoms. The third-order valence-electron chi connectivity index (χ3n) is 3.66. The van der Waals surface area contributed by atoms with E-state index in [1.807, 2.05) is 25.1 Å². The summed E-state index contributed by atoms with van der Waals surface area (Å²) in [7, 11) is 1.57. The van der Waals surface area contributed by atoms with Crippen LogP contribution in [0.1, 0.15) is 28.9 Å². The van der Waals surface area contributed by atoms with Crippen molar-refractivity contribution in [1.29, 1.82) is 0 Å². The minimum absolute atomic E-state index is 0.171. The van der Waals surface area contributed by atoms with Crippen molar-refractivity contribution in [2.24, 2.45) is 0 Å². The van der Waals surface area contributed by atoms with E-state index in [0.29, 0.717) is 21.5 Å². The summed E-state index contributed by atoms with van der Waals surface area (Å²) in [6.45, 7) is 2.15. The highest BCUT2D eigenvalue weighted by molar-refractivity contribution is 9.10. The van der Waals surface area contributed by atoms with Gasteiger partial charge in [-0.15, -0.1) is 0 Å². The molecule has 0 fully saturated rings. The van der Waals surface area contributed by atoms with Gasteiger partial charge in [0.15, 0.2) is 11.5 Å². The normalized spacial score (nSPS) is 13.5. The Morgan fingerprint density at radius 3 is 2.78 bits per heavy atom. The summed E-state index contributed by atoms with van der Waals surface area (Å²) in [6.07, 6.45) is 0. The van der Waals surface area contributed by atoms with Gasteiger partial charge in [-0.1, -0.05) is 6.07 Å². The van der Waals surface area contributed by atoms with Gasteiger partial charge in [-0.05, 0) is 58.7 Å². The van der Waals surface area contributed by atoms with Crippen LogP contribution in [-0.2, 0) is 0 Å². The van der Waals surface area contributed by atoms with Gasteiger partial charge in [0, 0.05) is 4.47 Å². The standard InChI is InChI=1S/C17H16BrNO4/c1-10(11-3-6-15-16(7-11)23-9-22-15)19-17(20)13-8-12(21-2)4-5-14(13)18/h3-8,10H,9H2,1-2H3,(H,19,20). The summed E-state index contributed by atoms with van der Waals surface area (Å²) in [5.74, 6) is 1.88. The zero-order valence-corrected chi connectivity index (χ0v) is 14.3. The van der Waals surface area contributed by atoms with Crippen LogP contribution < -0.4 is 19.5 Å². The van der Waals surface area contributed by atoms with Crippen LogP contribution in [0.3, 0.4) is 0 Å². The fourth-order valence-electron chi connectivity index (χ4n) is 2.35. The summed E-state index contributed by atoms with van der Waals surface area (Å²) in [4.78, 5) is 12.5. The van der Waals surface area contributed by atoms with Crippen LogP contribution in [-0.4, -0.2) is 19.8 Å². The lowest BCUT2D eigenvalue weighted by Crippen LogP contribution is -2.27. The maximum atomic E-state index is 12.5. The number of hydrogen-bond donors (Lipinski definition) is 1. The van der Waals surface area contributed by atoms with Gasteiger partial charge in [0.1, 0.15) is 5.75 Å². The molecule has 5 nitrogen and oxygen atoms in total. The largest absolute Gasteiger partial charge is 0.497 e. The van der Waals surface area contributed by atoms with Crippen molar-refractivity contribution in [2.75, 3.05) is 13.9 Å². The molecule has 3 rings (SSSR count). The average Bonchev–Trinajstić information content (AvgIpc) is 3.02. The van der Waals surface area contributed by atoms with Gasteiger partial charge in [0.2, 0.25) is 6.79 Å². The quantitative estimate of drug-likeness (QED) is 0.882. The molecule has 0 saturated heterocycles. The van der Waals surface area contributed by atoms with Crippen LogP contribution in [0.25, 0.3) is 0 Å². The molecule has 0 spiro atoms. The van der Waals surface area contributed by atoms with Gasteiger partial charge in [-0.25, -0.2) is 0 Å². The molecule has 6 heteroatoms. The number of carbonyl (C=O) groups excluding carboxylic acids is 1. The fraction of sp³-hybridized carbons (Fsp3) is 0.235. The topological polar surface area (TPSA) is 56.8 Å². The number of hydrogen-bond acceptors (Lipinski definition) is 4. The molecule has 1 heterocycles. The molecule has 1 aliphatic rings. The van der Waals surface area contributed by atoms with E-state index in [-0.39, 0.29) is 18.7 Å². The lowest BCUT2D eigenvalue weighted by Gasteiger charge is -2.16.